The van der Waals surface area contributed by atoms with Crippen LogP contribution >= 0.6 is 0 Å². The topological polar surface area (TPSA) is 9.23 Å². The smallest absolute Gasteiger partial charge is 0.172 e. The Morgan fingerprint density at radius 1 is 1.00 bits per heavy atom. The maximum absolute atomic E-state index is 14.4. The summed E-state index contributed by atoms with van der Waals surface area (Å²) >= 11 is 0. The summed E-state index contributed by atoms with van der Waals surface area (Å²) in [4.78, 5) is 0. The molecule has 122 valence electrons. The van der Waals surface area contributed by atoms with Gasteiger partial charge in [0.2, 0.25) is 0 Å². The average molecular weight is 320 g/mol. The fourth-order valence-corrected chi connectivity index (χ4v) is 2.85. The molecule has 0 amide bonds. The zero-order valence-electron chi connectivity index (χ0n) is 13.9. The molecule has 24 heavy (non-hydrogen) atoms. The standard InChI is InChI=1S/C22H21FO/c1-3-5-6-16-7-9-17(10-8-16)18-11-13-20-19(15-18)12-14-21(22(20)23)24-4-2/h3,7-15H,1,4-6H2,2H3. The van der Waals surface area contributed by atoms with Gasteiger partial charge in [-0.05, 0) is 54.0 Å². The first-order chi connectivity index (χ1) is 11.7. The number of allylic oxidation sites excluding steroid dienone is 1. The predicted octanol–water partition coefficient (Wildman–Crippen LogP) is 6.16. The Morgan fingerprint density at radius 2 is 1.75 bits per heavy atom. The summed E-state index contributed by atoms with van der Waals surface area (Å²) in [6.45, 7) is 6.06. The molecule has 0 saturated carbocycles. The molecule has 0 aliphatic rings. The molecule has 0 unspecified atom stereocenters. The van der Waals surface area contributed by atoms with Crippen LogP contribution in [0.4, 0.5) is 4.39 Å². The van der Waals surface area contributed by atoms with Crippen LogP contribution in [0.2, 0.25) is 0 Å². The molecule has 0 aliphatic heterocycles. The Bertz CT molecular complexity index is 850. The summed E-state index contributed by atoms with van der Waals surface area (Å²) in [6.07, 6.45) is 3.92. The summed E-state index contributed by atoms with van der Waals surface area (Å²) in [5, 5.41) is 1.47. The largest absolute Gasteiger partial charge is 0.491 e. The normalized spacial score (nSPS) is 10.8. The minimum absolute atomic E-state index is 0.291. The summed E-state index contributed by atoms with van der Waals surface area (Å²) in [6, 6.07) is 17.9. The molecule has 0 aromatic heterocycles. The van der Waals surface area contributed by atoms with Crippen molar-refractivity contribution < 1.29 is 9.13 Å². The van der Waals surface area contributed by atoms with Crippen LogP contribution in [-0.2, 0) is 6.42 Å². The number of ether oxygens (including phenoxy) is 1. The van der Waals surface area contributed by atoms with E-state index in [-0.39, 0.29) is 5.82 Å². The van der Waals surface area contributed by atoms with Gasteiger partial charge in [-0.15, -0.1) is 6.58 Å². The first-order valence-corrected chi connectivity index (χ1v) is 8.28. The third-order valence-electron chi connectivity index (χ3n) is 4.14. The zero-order chi connectivity index (χ0) is 16.9. The van der Waals surface area contributed by atoms with Crippen molar-refractivity contribution in [1.29, 1.82) is 0 Å². The van der Waals surface area contributed by atoms with Crippen LogP contribution in [0.1, 0.15) is 18.9 Å². The lowest BCUT2D eigenvalue weighted by Gasteiger charge is -2.09. The lowest BCUT2D eigenvalue weighted by Crippen LogP contribution is -1.95. The quantitative estimate of drug-likeness (QED) is 0.494. The van der Waals surface area contributed by atoms with Crippen molar-refractivity contribution in [2.45, 2.75) is 19.8 Å². The second-order valence-corrected chi connectivity index (χ2v) is 5.77. The molecule has 2 heteroatoms. The molecule has 1 nitrogen and oxygen atoms in total. The number of benzene rings is 3. The van der Waals surface area contributed by atoms with Crippen molar-refractivity contribution in [3.8, 4) is 16.9 Å². The molecule has 0 spiro atoms. The number of aryl methyl sites for hydroxylation is 1. The van der Waals surface area contributed by atoms with E-state index in [0.717, 1.165) is 29.4 Å². The first kappa shape index (κ1) is 16.3. The van der Waals surface area contributed by atoms with Gasteiger partial charge in [0.1, 0.15) is 0 Å². The van der Waals surface area contributed by atoms with Crippen LogP contribution in [0.3, 0.4) is 0 Å². The molecular weight excluding hydrogens is 299 g/mol. The highest BCUT2D eigenvalue weighted by Gasteiger charge is 2.09. The molecule has 0 radical (unpaired) electrons. The zero-order valence-corrected chi connectivity index (χ0v) is 13.9. The second kappa shape index (κ2) is 7.31. The fraction of sp³-hybridized carbons (Fsp3) is 0.182. The molecule has 0 fully saturated rings. The molecule has 3 rings (SSSR count). The Labute approximate surface area is 142 Å². The van der Waals surface area contributed by atoms with E-state index in [0.29, 0.717) is 17.7 Å². The summed E-state index contributed by atoms with van der Waals surface area (Å²) in [7, 11) is 0. The minimum atomic E-state index is -0.291. The Kier molecular flexibility index (Phi) is 4.95. The summed E-state index contributed by atoms with van der Waals surface area (Å²) in [5.41, 5.74) is 3.52. The monoisotopic (exact) mass is 320 g/mol. The van der Waals surface area contributed by atoms with E-state index in [1.54, 1.807) is 6.07 Å². The van der Waals surface area contributed by atoms with Crippen molar-refractivity contribution in [3.63, 3.8) is 0 Å². The van der Waals surface area contributed by atoms with E-state index >= 15 is 0 Å². The van der Waals surface area contributed by atoms with Gasteiger partial charge in [-0.25, -0.2) is 4.39 Å². The lowest BCUT2D eigenvalue weighted by atomic mass is 9.99. The molecule has 0 atom stereocenters. The number of fused-ring (bicyclic) bond motifs is 1. The summed E-state index contributed by atoms with van der Waals surface area (Å²) < 4.78 is 19.8. The van der Waals surface area contributed by atoms with Gasteiger partial charge < -0.3 is 4.74 Å². The Hall–Kier alpha value is -2.61. The highest BCUT2D eigenvalue weighted by atomic mass is 19.1. The Morgan fingerprint density at radius 3 is 2.46 bits per heavy atom. The average Bonchev–Trinajstić information content (AvgIpc) is 2.62. The van der Waals surface area contributed by atoms with E-state index in [9.17, 15) is 4.39 Å². The van der Waals surface area contributed by atoms with Gasteiger partial charge >= 0.3 is 0 Å². The molecule has 3 aromatic rings. The fourth-order valence-electron chi connectivity index (χ4n) is 2.85. The second-order valence-electron chi connectivity index (χ2n) is 5.77. The van der Waals surface area contributed by atoms with Gasteiger partial charge in [0.25, 0.3) is 0 Å². The van der Waals surface area contributed by atoms with Crippen LogP contribution in [0, 0.1) is 5.82 Å². The highest BCUT2D eigenvalue weighted by Crippen LogP contribution is 2.30. The number of rotatable bonds is 6. The van der Waals surface area contributed by atoms with E-state index in [2.05, 4.69) is 30.8 Å². The van der Waals surface area contributed by atoms with Gasteiger partial charge in [0.15, 0.2) is 11.6 Å². The van der Waals surface area contributed by atoms with Gasteiger partial charge in [-0.1, -0.05) is 48.5 Å². The van der Waals surface area contributed by atoms with Crippen LogP contribution in [0.25, 0.3) is 21.9 Å². The first-order valence-electron chi connectivity index (χ1n) is 8.28. The predicted molar refractivity (Wildman–Crippen MR) is 99.0 cm³/mol. The van der Waals surface area contributed by atoms with E-state index < -0.39 is 0 Å². The van der Waals surface area contributed by atoms with Gasteiger partial charge in [-0.2, -0.15) is 0 Å². The molecule has 3 aromatic carbocycles. The van der Waals surface area contributed by atoms with Crippen LogP contribution in [-0.4, -0.2) is 6.61 Å². The molecular formula is C22H21FO. The third-order valence-corrected chi connectivity index (χ3v) is 4.14. The maximum Gasteiger partial charge on any atom is 0.172 e. The number of hydrogen-bond donors (Lipinski definition) is 0. The maximum atomic E-state index is 14.4. The SMILES string of the molecule is C=CCCc1ccc(-c2ccc3c(F)c(OCC)ccc3c2)cc1. The van der Waals surface area contributed by atoms with Gasteiger partial charge in [0.05, 0.1) is 6.61 Å². The number of hydrogen-bond acceptors (Lipinski definition) is 1. The van der Waals surface area contributed by atoms with Crippen molar-refractivity contribution in [1.82, 2.24) is 0 Å². The van der Waals surface area contributed by atoms with Crippen LogP contribution < -0.4 is 4.74 Å². The molecule has 0 saturated heterocycles. The molecule has 0 aliphatic carbocycles. The van der Waals surface area contributed by atoms with Gasteiger partial charge in [0, 0.05) is 5.39 Å². The number of halogens is 1. The van der Waals surface area contributed by atoms with Crippen molar-refractivity contribution in [2.24, 2.45) is 0 Å². The minimum Gasteiger partial charge on any atom is -0.491 e. The van der Waals surface area contributed by atoms with E-state index in [1.165, 1.54) is 5.56 Å². The molecule has 0 bridgehead atoms. The molecule has 0 heterocycles. The van der Waals surface area contributed by atoms with E-state index in [1.807, 2.05) is 37.3 Å². The van der Waals surface area contributed by atoms with Crippen LogP contribution in [0.5, 0.6) is 5.75 Å². The Balaban J connectivity index is 1.93. The summed E-state index contributed by atoms with van der Waals surface area (Å²) in [5.74, 6) is 0.0185. The van der Waals surface area contributed by atoms with Gasteiger partial charge in [-0.3, -0.25) is 0 Å². The molecule has 0 N–H and O–H groups in total. The van der Waals surface area contributed by atoms with Crippen molar-refractivity contribution in [2.75, 3.05) is 6.61 Å². The highest BCUT2D eigenvalue weighted by molar-refractivity contribution is 5.89. The van der Waals surface area contributed by atoms with E-state index in [4.69, 9.17) is 4.74 Å². The van der Waals surface area contributed by atoms with Crippen molar-refractivity contribution >= 4 is 10.8 Å². The van der Waals surface area contributed by atoms with Crippen molar-refractivity contribution in [3.05, 3.63) is 78.6 Å². The third kappa shape index (κ3) is 3.33. The van der Waals surface area contributed by atoms with Crippen LogP contribution in [0.15, 0.2) is 67.3 Å². The lowest BCUT2D eigenvalue weighted by molar-refractivity contribution is 0.323.